The first kappa shape index (κ1) is 25.7. The molecule has 3 aromatic carbocycles. The van der Waals surface area contributed by atoms with Crippen molar-refractivity contribution < 1.29 is 18.4 Å². The molecule has 1 aliphatic rings. The van der Waals surface area contributed by atoms with Crippen molar-refractivity contribution in [2.45, 2.75) is 12.8 Å². The van der Waals surface area contributed by atoms with Crippen LogP contribution in [0.1, 0.15) is 18.4 Å². The van der Waals surface area contributed by atoms with Crippen LogP contribution in [0.3, 0.4) is 0 Å². The van der Waals surface area contributed by atoms with Gasteiger partial charge in [-0.2, -0.15) is 5.26 Å². The van der Waals surface area contributed by atoms with Gasteiger partial charge in [-0.25, -0.2) is 8.78 Å². The summed E-state index contributed by atoms with van der Waals surface area (Å²) in [5.41, 5.74) is 1.91. The molecular formula is C28H22F2N4O2S. The molecule has 0 saturated heterocycles. The number of benzene rings is 3. The van der Waals surface area contributed by atoms with Crippen LogP contribution in [0.4, 0.5) is 20.2 Å². The third-order valence-corrected chi connectivity index (χ3v) is 6.63. The van der Waals surface area contributed by atoms with Gasteiger partial charge < -0.3 is 16.0 Å². The third kappa shape index (κ3) is 6.05. The fourth-order valence-corrected chi connectivity index (χ4v) is 4.83. The number of dihydropyridines is 1. The van der Waals surface area contributed by atoms with E-state index in [0.29, 0.717) is 22.1 Å². The van der Waals surface area contributed by atoms with Crippen LogP contribution in [0, 0.1) is 23.0 Å². The molecule has 0 unspecified atom stereocenters. The topological polar surface area (TPSA) is 94.0 Å². The Kier molecular flexibility index (Phi) is 8.01. The van der Waals surface area contributed by atoms with Crippen LogP contribution in [0.2, 0.25) is 0 Å². The van der Waals surface area contributed by atoms with E-state index in [1.165, 1.54) is 42.5 Å². The van der Waals surface area contributed by atoms with E-state index in [2.05, 4.69) is 22.0 Å². The Morgan fingerprint density at radius 3 is 2.27 bits per heavy atom. The number of carbonyl (C=O) groups excluding carboxylic acids is 2. The first-order chi connectivity index (χ1) is 17.9. The van der Waals surface area contributed by atoms with Crippen LogP contribution in [-0.4, -0.2) is 17.6 Å². The first-order valence-corrected chi connectivity index (χ1v) is 12.3. The smallest absolute Gasteiger partial charge is 0.254 e. The van der Waals surface area contributed by atoms with E-state index >= 15 is 0 Å². The van der Waals surface area contributed by atoms with Gasteiger partial charge >= 0.3 is 0 Å². The Labute approximate surface area is 217 Å². The molecule has 3 aromatic rings. The summed E-state index contributed by atoms with van der Waals surface area (Å²) in [7, 11) is 0. The van der Waals surface area contributed by atoms with E-state index < -0.39 is 23.5 Å². The maximum atomic E-state index is 15.0. The zero-order chi connectivity index (χ0) is 26.4. The average Bonchev–Trinajstić information content (AvgIpc) is 2.89. The van der Waals surface area contributed by atoms with Crippen molar-refractivity contribution in [2.24, 2.45) is 0 Å². The number of nitrogens with one attached hydrogen (secondary N) is 3. The highest BCUT2D eigenvalue weighted by molar-refractivity contribution is 8.03. The van der Waals surface area contributed by atoms with E-state index in [1.54, 1.807) is 37.3 Å². The van der Waals surface area contributed by atoms with Crippen molar-refractivity contribution in [1.82, 2.24) is 5.32 Å². The number of amides is 2. The molecule has 0 spiro atoms. The van der Waals surface area contributed by atoms with Crippen LogP contribution in [-0.2, 0) is 9.59 Å². The van der Waals surface area contributed by atoms with Crippen molar-refractivity contribution in [3.63, 3.8) is 0 Å². The summed E-state index contributed by atoms with van der Waals surface area (Å²) >= 11 is 1.06. The highest BCUT2D eigenvalue weighted by atomic mass is 32.2. The third-order valence-electron chi connectivity index (χ3n) is 5.62. The van der Waals surface area contributed by atoms with Crippen LogP contribution < -0.4 is 16.0 Å². The molecule has 9 heteroatoms. The van der Waals surface area contributed by atoms with Crippen molar-refractivity contribution >= 4 is 35.0 Å². The molecule has 2 amide bonds. The number of halogens is 2. The van der Waals surface area contributed by atoms with Gasteiger partial charge in [0.1, 0.15) is 11.6 Å². The molecule has 1 atom stereocenters. The fourth-order valence-electron chi connectivity index (χ4n) is 3.94. The molecule has 37 heavy (non-hydrogen) atoms. The summed E-state index contributed by atoms with van der Waals surface area (Å²) in [6.45, 7) is 1.67. The number of nitrogens with zero attached hydrogens (tertiary/aromatic N) is 1. The lowest BCUT2D eigenvalue weighted by atomic mass is 9.82. The van der Waals surface area contributed by atoms with E-state index in [-0.39, 0.29) is 28.4 Å². The highest BCUT2D eigenvalue weighted by Gasteiger charge is 2.36. The molecular weight excluding hydrogens is 494 g/mol. The van der Waals surface area contributed by atoms with Crippen LogP contribution >= 0.6 is 11.8 Å². The Morgan fingerprint density at radius 2 is 1.59 bits per heavy atom. The monoisotopic (exact) mass is 516 g/mol. The largest absolute Gasteiger partial charge is 0.353 e. The molecule has 3 N–H and O–H groups in total. The molecule has 0 radical (unpaired) electrons. The summed E-state index contributed by atoms with van der Waals surface area (Å²) in [6, 6.07) is 22.3. The predicted molar refractivity (Wildman–Crippen MR) is 140 cm³/mol. The normalized spacial score (nSPS) is 15.0. The minimum Gasteiger partial charge on any atom is -0.353 e. The van der Waals surface area contributed by atoms with Gasteiger partial charge in [0.15, 0.2) is 0 Å². The van der Waals surface area contributed by atoms with Gasteiger partial charge in [0.05, 0.1) is 28.3 Å². The quantitative estimate of drug-likeness (QED) is 0.376. The Balaban J connectivity index is 1.63. The number of rotatable bonds is 7. The van der Waals surface area contributed by atoms with E-state index in [9.17, 15) is 23.6 Å². The van der Waals surface area contributed by atoms with Crippen LogP contribution in [0.5, 0.6) is 0 Å². The first-order valence-electron chi connectivity index (χ1n) is 11.3. The number of thioether (sulfide) groups is 1. The predicted octanol–water partition coefficient (Wildman–Crippen LogP) is 5.67. The number of carbonyl (C=O) groups is 2. The highest BCUT2D eigenvalue weighted by Crippen LogP contribution is 2.41. The van der Waals surface area contributed by atoms with E-state index in [1.807, 2.05) is 6.07 Å². The number of anilines is 2. The van der Waals surface area contributed by atoms with Gasteiger partial charge in [0.2, 0.25) is 5.91 Å². The molecule has 6 nitrogen and oxygen atoms in total. The van der Waals surface area contributed by atoms with Crippen molar-refractivity contribution in [3.8, 4) is 6.07 Å². The number of hydrogen-bond acceptors (Lipinski definition) is 5. The van der Waals surface area contributed by atoms with Gasteiger partial charge in [-0.15, -0.1) is 0 Å². The number of para-hydroxylation sites is 1. The van der Waals surface area contributed by atoms with Crippen LogP contribution in [0.15, 0.2) is 101 Å². The minimum atomic E-state index is -0.987. The lowest BCUT2D eigenvalue weighted by molar-refractivity contribution is -0.114. The van der Waals surface area contributed by atoms with Gasteiger partial charge in [0.25, 0.3) is 5.91 Å². The molecule has 0 aliphatic carbocycles. The van der Waals surface area contributed by atoms with Gasteiger partial charge in [0, 0.05) is 28.2 Å². The molecule has 0 saturated carbocycles. The second-order valence-electron chi connectivity index (χ2n) is 8.14. The Morgan fingerprint density at radius 1 is 0.946 bits per heavy atom. The standard InChI is InChI=1S/C28H22F2N4O2S/c1-17-25(27(36)34-19-7-3-2-4-8-19)26(21-9-5-6-10-23(21)30)22(15-31)28(32-17)37-16-24(35)33-20-13-11-18(29)12-14-20/h2-14,26,32H,16H2,1H3,(H,33,35)(H,34,36)/t26-/m0/s1. The summed E-state index contributed by atoms with van der Waals surface area (Å²) in [6.07, 6.45) is 0. The van der Waals surface area contributed by atoms with Gasteiger partial charge in [-0.05, 0) is 49.4 Å². The second-order valence-corrected chi connectivity index (χ2v) is 9.12. The SMILES string of the molecule is CC1=C(C(=O)Nc2ccccc2)[C@@H](c2ccccc2F)C(C#N)=C(SCC(=O)Nc2ccc(F)cc2)N1. The van der Waals surface area contributed by atoms with E-state index in [4.69, 9.17) is 0 Å². The van der Waals surface area contributed by atoms with Crippen molar-refractivity contribution in [2.75, 3.05) is 16.4 Å². The average molecular weight is 517 g/mol. The molecule has 0 bridgehead atoms. The van der Waals surface area contributed by atoms with Crippen molar-refractivity contribution in [1.29, 1.82) is 5.26 Å². The Hall–Kier alpha value is -4.42. The summed E-state index contributed by atoms with van der Waals surface area (Å²) in [4.78, 5) is 25.9. The number of hydrogen-bond donors (Lipinski definition) is 3. The molecule has 0 fully saturated rings. The minimum absolute atomic E-state index is 0.0757. The molecule has 4 rings (SSSR count). The summed E-state index contributed by atoms with van der Waals surface area (Å²) < 4.78 is 28.1. The summed E-state index contributed by atoms with van der Waals surface area (Å²) in [5.74, 6) is -2.89. The zero-order valence-corrected chi connectivity index (χ0v) is 20.5. The molecule has 1 aliphatic heterocycles. The lowest BCUT2D eigenvalue weighted by Gasteiger charge is -2.30. The van der Waals surface area contributed by atoms with Gasteiger partial charge in [-0.3, -0.25) is 9.59 Å². The fraction of sp³-hybridized carbons (Fsp3) is 0.107. The van der Waals surface area contributed by atoms with Crippen LogP contribution in [0.25, 0.3) is 0 Å². The molecule has 0 aromatic heterocycles. The lowest BCUT2D eigenvalue weighted by Crippen LogP contribution is -2.31. The molecule has 186 valence electrons. The van der Waals surface area contributed by atoms with Crippen molar-refractivity contribution in [3.05, 3.63) is 118 Å². The van der Waals surface area contributed by atoms with E-state index in [0.717, 1.165) is 11.8 Å². The maximum Gasteiger partial charge on any atom is 0.254 e. The number of allylic oxidation sites excluding steroid dienone is 2. The maximum absolute atomic E-state index is 15.0. The van der Waals surface area contributed by atoms with Gasteiger partial charge in [-0.1, -0.05) is 48.2 Å². The Bertz CT molecular complexity index is 1430. The molecule has 1 heterocycles. The second kappa shape index (κ2) is 11.5. The summed E-state index contributed by atoms with van der Waals surface area (Å²) in [5, 5.41) is 19.0. The zero-order valence-electron chi connectivity index (χ0n) is 19.7. The number of nitriles is 1.